The second-order valence-electron chi connectivity index (χ2n) is 4.49. The molecule has 0 aliphatic carbocycles. The molecule has 1 aliphatic heterocycles. The van der Waals surface area contributed by atoms with E-state index in [1.54, 1.807) is 16.7 Å². The van der Waals surface area contributed by atoms with Gasteiger partial charge in [-0.15, -0.1) is 11.8 Å². The zero-order chi connectivity index (χ0) is 13.8. The lowest BCUT2D eigenvalue weighted by molar-refractivity contribution is 0.0918. The highest BCUT2D eigenvalue weighted by Gasteiger charge is 2.31. The minimum absolute atomic E-state index is 0.110. The lowest BCUT2D eigenvalue weighted by atomic mass is 9.97. The van der Waals surface area contributed by atoms with Crippen molar-refractivity contribution >= 4 is 23.6 Å². The number of thioether (sulfide) groups is 1. The van der Waals surface area contributed by atoms with E-state index in [-0.39, 0.29) is 17.8 Å². The van der Waals surface area contributed by atoms with Gasteiger partial charge in [-0.3, -0.25) is 4.79 Å². The van der Waals surface area contributed by atoms with E-state index in [1.807, 2.05) is 30.5 Å². The molecule has 1 heterocycles. The number of methoxy groups -OCH3 is 1. The fourth-order valence-electron chi connectivity index (χ4n) is 2.26. The Morgan fingerprint density at radius 2 is 2.00 bits per heavy atom. The van der Waals surface area contributed by atoms with Gasteiger partial charge in [-0.2, -0.15) is 0 Å². The molecule has 1 amide bonds. The number of likely N-dealkylation sites (tertiary alicyclic amines) is 1. The molecule has 1 aromatic carbocycles. The summed E-state index contributed by atoms with van der Waals surface area (Å²) in [5.41, 5.74) is 0.717. The molecule has 1 atom stereocenters. The molecule has 0 aromatic heterocycles. The summed E-state index contributed by atoms with van der Waals surface area (Å²) in [4.78, 5) is 26.4. The fourth-order valence-corrected chi connectivity index (χ4v) is 2.67. The summed E-state index contributed by atoms with van der Waals surface area (Å²) in [7, 11) is 1.36. The van der Waals surface area contributed by atoms with Crippen molar-refractivity contribution in [2.75, 3.05) is 26.5 Å². The number of benzene rings is 1. The summed E-state index contributed by atoms with van der Waals surface area (Å²) in [6, 6.07) is 7.61. The van der Waals surface area contributed by atoms with Crippen LogP contribution in [0.15, 0.2) is 29.2 Å². The van der Waals surface area contributed by atoms with Crippen LogP contribution in [0.3, 0.4) is 0 Å². The SMILES string of the molecule is COC(=O)N1CCC(C(=O)c2ccc(SC)cc2)C1. The summed E-state index contributed by atoms with van der Waals surface area (Å²) in [5, 5.41) is 0. The number of hydrogen-bond donors (Lipinski definition) is 0. The number of ketones is 1. The predicted octanol–water partition coefficient (Wildman–Crippen LogP) is 2.68. The Hall–Kier alpha value is -1.49. The average Bonchev–Trinajstić information content (AvgIpc) is 2.95. The number of carbonyl (C=O) groups is 2. The summed E-state index contributed by atoms with van der Waals surface area (Å²) in [6.07, 6.45) is 2.35. The largest absolute Gasteiger partial charge is 0.453 e. The van der Waals surface area contributed by atoms with Gasteiger partial charge in [-0.05, 0) is 24.8 Å². The number of nitrogens with zero attached hydrogens (tertiary/aromatic N) is 1. The smallest absolute Gasteiger partial charge is 0.409 e. The Morgan fingerprint density at radius 1 is 1.32 bits per heavy atom. The molecule has 1 aliphatic rings. The van der Waals surface area contributed by atoms with Crippen molar-refractivity contribution in [3.63, 3.8) is 0 Å². The summed E-state index contributed by atoms with van der Waals surface area (Å²) in [5.74, 6) is -0.00159. The molecular formula is C14H17NO3S. The first-order valence-electron chi connectivity index (χ1n) is 6.17. The van der Waals surface area contributed by atoms with Gasteiger partial charge in [0, 0.05) is 29.5 Å². The van der Waals surface area contributed by atoms with Crippen LogP contribution in [0.4, 0.5) is 4.79 Å². The monoisotopic (exact) mass is 279 g/mol. The number of carbonyl (C=O) groups excluding carboxylic acids is 2. The quantitative estimate of drug-likeness (QED) is 0.630. The van der Waals surface area contributed by atoms with Gasteiger partial charge in [-0.1, -0.05) is 12.1 Å². The molecule has 0 N–H and O–H groups in total. The highest BCUT2D eigenvalue weighted by molar-refractivity contribution is 7.98. The lowest BCUT2D eigenvalue weighted by Gasteiger charge is -2.14. The van der Waals surface area contributed by atoms with Crippen LogP contribution >= 0.6 is 11.8 Å². The van der Waals surface area contributed by atoms with Crippen molar-refractivity contribution < 1.29 is 14.3 Å². The summed E-state index contributed by atoms with van der Waals surface area (Å²) in [6.45, 7) is 1.04. The van der Waals surface area contributed by atoms with Gasteiger partial charge in [0.25, 0.3) is 0 Å². The van der Waals surface area contributed by atoms with E-state index in [2.05, 4.69) is 4.74 Å². The normalized spacial score (nSPS) is 18.4. The fraction of sp³-hybridized carbons (Fsp3) is 0.429. The first kappa shape index (κ1) is 13.9. The summed E-state index contributed by atoms with van der Waals surface area (Å²) < 4.78 is 4.67. The molecular weight excluding hydrogens is 262 g/mol. The van der Waals surface area contributed by atoms with E-state index in [1.165, 1.54) is 7.11 Å². The van der Waals surface area contributed by atoms with Gasteiger partial charge in [0.15, 0.2) is 5.78 Å². The van der Waals surface area contributed by atoms with Gasteiger partial charge in [0.1, 0.15) is 0 Å². The Bertz CT molecular complexity index is 472. The van der Waals surface area contributed by atoms with Crippen molar-refractivity contribution in [1.29, 1.82) is 0 Å². The zero-order valence-corrected chi connectivity index (χ0v) is 11.9. The molecule has 1 unspecified atom stereocenters. The van der Waals surface area contributed by atoms with E-state index in [0.29, 0.717) is 19.5 Å². The third kappa shape index (κ3) is 3.10. The number of rotatable bonds is 3. The molecule has 5 heteroatoms. The van der Waals surface area contributed by atoms with Crippen molar-refractivity contribution in [2.45, 2.75) is 11.3 Å². The standard InChI is InChI=1S/C14H17NO3S/c1-18-14(17)15-8-7-11(9-15)13(16)10-3-5-12(19-2)6-4-10/h3-6,11H,7-9H2,1-2H3. The van der Waals surface area contributed by atoms with Gasteiger partial charge >= 0.3 is 6.09 Å². The van der Waals surface area contributed by atoms with Gasteiger partial charge < -0.3 is 9.64 Å². The molecule has 0 bridgehead atoms. The highest BCUT2D eigenvalue weighted by atomic mass is 32.2. The predicted molar refractivity (Wildman–Crippen MR) is 74.6 cm³/mol. The second kappa shape index (κ2) is 6.10. The maximum absolute atomic E-state index is 12.3. The lowest BCUT2D eigenvalue weighted by Crippen LogP contribution is -2.29. The van der Waals surface area contributed by atoms with Crippen LogP contribution in [0, 0.1) is 5.92 Å². The van der Waals surface area contributed by atoms with Crippen molar-refractivity contribution in [1.82, 2.24) is 4.90 Å². The number of hydrogen-bond acceptors (Lipinski definition) is 4. The molecule has 0 spiro atoms. The third-order valence-corrected chi connectivity index (χ3v) is 4.11. The van der Waals surface area contributed by atoms with E-state index in [4.69, 9.17) is 0 Å². The number of amides is 1. The molecule has 1 fully saturated rings. The molecule has 19 heavy (non-hydrogen) atoms. The summed E-state index contributed by atoms with van der Waals surface area (Å²) >= 11 is 1.65. The van der Waals surface area contributed by atoms with E-state index in [0.717, 1.165) is 10.5 Å². The van der Waals surface area contributed by atoms with E-state index in [9.17, 15) is 9.59 Å². The Morgan fingerprint density at radius 3 is 2.58 bits per heavy atom. The van der Waals surface area contributed by atoms with Crippen LogP contribution in [0.5, 0.6) is 0 Å². The highest BCUT2D eigenvalue weighted by Crippen LogP contribution is 2.23. The first-order chi connectivity index (χ1) is 9.15. The van der Waals surface area contributed by atoms with Crippen molar-refractivity contribution in [2.24, 2.45) is 5.92 Å². The van der Waals surface area contributed by atoms with Crippen LogP contribution in [0.25, 0.3) is 0 Å². The Kier molecular flexibility index (Phi) is 4.47. The van der Waals surface area contributed by atoms with E-state index < -0.39 is 0 Å². The third-order valence-electron chi connectivity index (χ3n) is 3.37. The van der Waals surface area contributed by atoms with Gasteiger partial charge in [-0.25, -0.2) is 4.79 Å². The van der Waals surface area contributed by atoms with E-state index >= 15 is 0 Å². The topological polar surface area (TPSA) is 46.6 Å². The van der Waals surface area contributed by atoms with Crippen molar-refractivity contribution in [3.05, 3.63) is 29.8 Å². The maximum atomic E-state index is 12.3. The zero-order valence-electron chi connectivity index (χ0n) is 11.1. The van der Waals surface area contributed by atoms with Crippen LogP contribution in [0.2, 0.25) is 0 Å². The average molecular weight is 279 g/mol. The van der Waals surface area contributed by atoms with Crippen molar-refractivity contribution in [3.8, 4) is 0 Å². The van der Waals surface area contributed by atoms with Gasteiger partial charge in [0.05, 0.1) is 7.11 Å². The minimum Gasteiger partial charge on any atom is -0.453 e. The van der Waals surface area contributed by atoms with Crippen LogP contribution in [-0.2, 0) is 4.74 Å². The molecule has 4 nitrogen and oxygen atoms in total. The maximum Gasteiger partial charge on any atom is 0.409 e. The molecule has 1 aromatic rings. The molecule has 0 radical (unpaired) electrons. The second-order valence-corrected chi connectivity index (χ2v) is 5.37. The Labute approximate surface area is 117 Å². The molecule has 0 saturated carbocycles. The molecule has 2 rings (SSSR count). The van der Waals surface area contributed by atoms with Crippen LogP contribution in [-0.4, -0.2) is 43.2 Å². The Balaban J connectivity index is 2.02. The molecule has 102 valence electrons. The molecule has 1 saturated heterocycles. The first-order valence-corrected chi connectivity index (χ1v) is 7.39. The number of ether oxygens (including phenoxy) is 1. The van der Waals surface area contributed by atoms with Gasteiger partial charge in [0.2, 0.25) is 0 Å². The number of Topliss-reactive ketones (excluding diaryl/α,β-unsaturated/α-hetero) is 1. The minimum atomic E-state index is -0.354. The van der Waals surface area contributed by atoms with Crippen LogP contribution < -0.4 is 0 Å². The van der Waals surface area contributed by atoms with Crippen LogP contribution in [0.1, 0.15) is 16.8 Å².